The molecule has 0 aromatic carbocycles. The molecule has 17 heavy (non-hydrogen) atoms. The maximum atomic E-state index is 10.9. The van der Waals surface area contributed by atoms with E-state index >= 15 is 0 Å². The number of nitrogens with two attached hydrogens (primary N) is 1. The van der Waals surface area contributed by atoms with Crippen molar-refractivity contribution >= 4 is 17.6 Å². The second kappa shape index (κ2) is 6.67. The van der Waals surface area contributed by atoms with Crippen LogP contribution < -0.4 is 11.1 Å². The Morgan fingerprint density at radius 3 is 2.94 bits per heavy atom. The molecule has 0 saturated carbocycles. The van der Waals surface area contributed by atoms with Gasteiger partial charge in [-0.2, -0.15) is 0 Å². The minimum atomic E-state index is -0.256. The highest BCUT2D eigenvalue weighted by atomic mass is 16.5. The Balaban J connectivity index is 2.55. The Bertz CT molecular complexity index is 382. The lowest BCUT2D eigenvalue weighted by Crippen LogP contribution is -2.12. The molecule has 0 aliphatic carbocycles. The lowest BCUT2D eigenvalue weighted by Gasteiger charge is -2.07. The van der Waals surface area contributed by atoms with Crippen molar-refractivity contribution in [3.63, 3.8) is 0 Å². The summed E-state index contributed by atoms with van der Waals surface area (Å²) in [5.74, 6) is 1.54. The minimum Gasteiger partial charge on any atom is -0.469 e. The van der Waals surface area contributed by atoms with Crippen molar-refractivity contribution in [2.24, 2.45) is 0 Å². The second-order valence-corrected chi connectivity index (χ2v) is 3.60. The monoisotopic (exact) mass is 238 g/mol. The number of carbonyl (C=O) groups is 1. The number of anilines is 2. The molecule has 0 aliphatic heterocycles. The SMILES string of the molecule is CCCc1nc(N)cc(NCCC(=O)OC)n1. The van der Waals surface area contributed by atoms with Gasteiger partial charge in [0, 0.05) is 19.0 Å². The first-order valence-corrected chi connectivity index (χ1v) is 5.59. The molecule has 6 nitrogen and oxygen atoms in total. The predicted octanol–water partition coefficient (Wildman–Crippen LogP) is 0.986. The zero-order valence-electron chi connectivity index (χ0n) is 10.2. The Hall–Kier alpha value is -1.85. The van der Waals surface area contributed by atoms with Crippen LogP contribution in [0.1, 0.15) is 25.6 Å². The molecule has 0 atom stereocenters. The summed E-state index contributed by atoms with van der Waals surface area (Å²) in [4.78, 5) is 19.3. The number of carbonyl (C=O) groups excluding carboxylic acids is 1. The maximum Gasteiger partial charge on any atom is 0.307 e. The molecule has 0 saturated heterocycles. The molecule has 0 spiro atoms. The van der Waals surface area contributed by atoms with E-state index in [4.69, 9.17) is 5.73 Å². The van der Waals surface area contributed by atoms with Gasteiger partial charge in [-0.25, -0.2) is 9.97 Å². The molecular formula is C11H18N4O2. The molecule has 0 fully saturated rings. The number of nitrogens with one attached hydrogen (secondary N) is 1. The first-order chi connectivity index (χ1) is 8.15. The molecule has 3 N–H and O–H groups in total. The van der Waals surface area contributed by atoms with E-state index in [1.165, 1.54) is 7.11 Å². The molecule has 0 radical (unpaired) electrons. The van der Waals surface area contributed by atoms with Gasteiger partial charge in [0.05, 0.1) is 13.5 Å². The van der Waals surface area contributed by atoms with Gasteiger partial charge in [0.1, 0.15) is 17.5 Å². The van der Waals surface area contributed by atoms with E-state index < -0.39 is 0 Å². The van der Waals surface area contributed by atoms with Gasteiger partial charge in [-0.05, 0) is 6.42 Å². The largest absolute Gasteiger partial charge is 0.469 e. The van der Waals surface area contributed by atoms with Crippen molar-refractivity contribution in [1.82, 2.24) is 9.97 Å². The van der Waals surface area contributed by atoms with Crippen molar-refractivity contribution in [1.29, 1.82) is 0 Å². The number of nitrogens with zero attached hydrogens (tertiary/aromatic N) is 2. The summed E-state index contributed by atoms with van der Waals surface area (Å²) in [5, 5.41) is 3.02. The van der Waals surface area contributed by atoms with Crippen LogP contribution in [0.2, 0.25) is 0 Å². The number of aryl methyl sites for hydroxylation is 1. The van der Waals surface area contributed by atoms with Gasteiger partial charge >= 0.3 is 5.97 Å². The van der Waals surface area contributed by atoms with Crippen LogP contribution in [-0.4, -0.2) is 29.6 Å². The van der Waals surface area contributed by atoms with Gasteiger partial charge in [0.15, 0.2) is 0 Å². The normalized spacial score (nSPS) is 10.0. The molecule has 94 valence electrons. The predicted molar refractivity (Wildman–Crippen MR) is 65.6 cm³/mol. The lowest BCUT2D eigenvalue weighted by atomic mass is 10.3. The zero-order valence-corrected chi connectivity index (χ0v) is 10.2. The first-order valence-electron chi connectivity index (χ1n) is 5.59. The lowest BCUT2D eigenvalue weighted by molar-refractivity contribution is -0.140. The molecule has 0 aliphatic rings. The van der Waals surface area contributed by atoms with E-state index in [9.17, 15) is 4.79 Å². The van der Waals surface area contributed by atoms with Gasteiger partial charge < -0.3 is 15.8 Å². The summed E-state index contributed by atoms with van der Waals surface area (Å²) in [6.07, 6.45) is 2.05. The fourth-order valence-corrected chi connectivity index (χ4v) is 1.34. The van der Waals surface area contributed by atoms with Gasteiger partial charge in [-0.3, -0.25) is 4.79 Å². The van der Waals surface area contributed by atoms with E-state index in [2.05, 4.69) is 26.9 Å². The standard InChI is InChI=1S/C11H18N4O2/c1-3-4-9-14-8(12)7-10(15-9)13-6-5-11(16)17-2/h7H,3-6H2,1-2H3,(H3,12,13,14,15). The quantitative estimate of drug-likeness (QED) is 0.718. The third-order valence-corrected chi connectivity index (χ3v) is 2.13. The van der Waals surface area contributed by atoms with E-state index in [-0.39, 0.29) is 5.97 Å². The average Bonchev–Trinajstić information content (AvgIpc) is 2.28. The number of rotatable bonds is 6. The molecule has 0 amide bonds. The van der Waals surface area contributed by atoms with Crippen LogP contribution in [0, 0.1) is 0 Å². The van der Waals surface area contributed by atoms with Gasteiger partial charge in [0.25, 0.3) is 0 Å². The van der Waals surface area contributed by atoms with E-state index in [0.29, 0.717) is 30.4 Å². The Morgan fingerprint density at radius 1 is 1.53 bits per heavy atom. The van der Waals surface area contributed by atoms with Crippen molar-refractivity contribution in [3.8, 4) is 0 Å². The fourth-order valence-electron chi connectivity index (χ4n) is 1.34. The highest BCUT2D eigenvalue weighted by Crippen LogP contribution is 2.09. The Morgan fingerprint density at radius 2 is 2.29 bits per heavy atom. The van der Waals surface area contributed by atoms with Gasteiger partial charge in [-0.1, -0.05) is 6.92 Å². The molecule has 6 heteroatoms. The molecule has 1 aromatic rings. The van der Waals surface area contributed by atoms with Crippen molar-refractivity contribution in [2.75, 3.05) is 24.7 Å². The summed E-state index contributed by atoms with van der Waals surface area (Å²) >= 11 is 0. The number of esters is 1. The van der Waals surface area contributed by atoms with Crippen LogP contribution in [0.25, 0.3) is 0 Å². The topological polar surface area (TPSA) is 90.1 Å². The summed E-state index contributed by atoms with van der Waals surface area (Å²) in [6, 6.07) is 1.65. The van der Waals surface area contributed by atoms with Crippen LogP contribution in [0.15, 0.2) is 6.07 Å². The molecule has 0 unspecified atom stereocenters. The Labute approximate surface area is 101 Å². The average molecular weight is 238 g/mol. The summed E-state index contributed by atoms with van der Waals surface area (Å²) < 4.78 is 4.54. The van der Waals surface area contributed by atoms with Crippen LogP contribution in [0.5, 0.6) is 0 Å². The fraction of sp³-hybridized carbons (Fsp3) is 0.545. The number of ether oxygens (including phenoxy) is 1. The first kappa shape index (κ1) is 13.2. The number of methoxy groups -OCH3 is 1. The van der Waals surface area contributed by atoms with Crippen LogP contribution in [0.4, 0.5) is 11.6 Å². The van der Waals surface area contributed by atoms with E-state index in [0.717, 1.165) is 12.8 Å². The van der Waals surface area contributed by atoms with Gasteiger partial charge in [-0.15, -0.1) is 0 Å². The third kappa shape index (κ3) is 4.67. The number of nitrogen functional groups attached to an aromatic ring is 1. The smallest absolute Gasteiger partial charge is 0.307 e. The number of hydrogen-bond donors (Lipinski definition) is 2. The minimum absolute atomic E-state index is 0.256. The molecule has 0 bridgehead atoms. The van der Waals surface area contributed by atoms with Crippen LogP contribution in [0.3, 0.4) is 0 Å². The highest BCUT2D eigenvalue weighted by molar-refractivity contribution is 5.69. The van der Waals surface area contributed by atoms with Crippen molar-refractivity contribution in [2.45, 2.75) is 26.2 Å². The summed E-state index contributed by atoms with van der Waals surface area (Å²) in [5.41, 5.74) is 5.66. The molecule has 1 rings (SSSR count). The maximum absolute atomic E-state index is 10.9. The summed E-state index contributed by atoms with van der Waals surface area (Å²) in [7, 11) is 1.37. The number of hydrogen-bond acceptors (Lipinski definition) is 6. The van der Waals surface area contributed by atoms with E-state index in [1.54, 1.807) is 6.07 Å². The van der Waals surface area contributed by atoms with E-state index in [1.807, 2.05) is 0 Å². The third-order valence-electron chi connectivity index (χ3n) is 2.13. The second-order valence-electron chi connectivity index (χ2n) is 3.60. The molecule has 1 aromatic heterocycles. The molecular weight excluding hydrogens is 220 g/mol. The molecule has 1 heterocycles. The zero-order chi connectivity index (χ0) is 12.7. The van der Waals surface area contributed by atoms with Crippen LogP contribution >= 0.6 is 0 Å². The Kier molecular flexibility index (Phi) is 5.19. The van der Waals surface area contributed by atoms with Gasteiger partial charge in [0.2, 0.25) is 0 Å². The van der Waals surface area contributed by atoms with Crippen molar-refractivity contribution in [3.05, 3.63) is 11.9 Å². The van der Waals surface area contributed by atoms with Crippen molar-refractivity contribution < 1.29 is 9.53 Å². The summed E-state index contributed by atoms with van der Waals surface area (Å²) in [6.45, 7) is 2.52. The number of aromatic nitrogens is 2. The van der Waals surface area contributed by atoms with Crippen LogP contribution in [-0.2, 0) is 16.0 Å². The highest BCUT2D eigenvalue weighted by Gasteiger charge is 2.03.